The van der Waals surface area contributed by atoms with Crippen LogP contribution in [0.25, 0.3) is 0 Å². The zero-order chi connectivity index (χ0) is 14.1. The van der Waals surface area contributed by atoms with Crippen LogP contribution in [0.15, 0.2) is 18.2 Å². The molecule has 1 N–H and O–H groups in total. The molecule has 0 aliphatic rings. The van der Waals surface area contributed by atoms with E-state index in [1.54, 1.807) is 12.1 Å². The van der Waals surface area contributed by atoms with Gasteiger partial charge in [-0.3, -0.25) is 0 Å². The summed E-state index contributed by atoms with van der Waals surface area (Å²) in [7, 11) is 4.08. The number of halogens is 1. The van der Waals surface area contributed by atoms with E-state index >= 15 is 0 Å². The lowest BCUT2D eigenvalue weighted by Gasteiger charge is -2.14. The number of ether oxygens (including phenoxy) is 1. The van der Waals surface area contributed by atoms with Crippen molar-refractivity contribution in [3.8, 4) is 5.75 Å². The second kappa shape index (κ2) is 8.88. The quantitative estimate of drug-likeness (QED) is 0.697. The number of nitrogens with zero attached hydrogens (tertiary/aromatic N) is 1. The van der Waals surface area contributed by atoms with Crippen LogP contribution in [0.4, 0.5) is 4.39 Å². The number of hydrogen-bond acceptors (Lipinski definition) is 3. The Morgan fingerprint density at radius 3 is 2.79 bits per heavy atom. The highest BCUT2D eigenvalue weighted by Crippen LogP contribution is 2.19. The summed E-state index contributed by atoms with van der Waals surface area (Å²) in [6.07, 6.45) is 2.03. The zero-order valence-corrected chi connectivity index (χ0v) is 12.2. The van der Waals surface area contributed by atoms with E-state index in [1.165, 1.54) is 6.07 Å². The average Bonchev–Trinajstić information content (AvgIpc) is 2.36. The van der Waals surface area contributed by atoms with Gasteiger partial charge in [-0.2, -0.15) is 0 Å². The summed E-state index contributed by atoms with van der Waals surface area (Å²) in [4.78, 5) is 2.12. The monoisotopic (exact) mass is 268 g/mol. The highest BCUT2D eigenvalue weighted by atomic mass is 19.1. The summed E-state index contributed by atoms with van der Waals surface area (Å²) in [6.45, 7) is 5.33. The van der Waals surface area contributed by atoms with Gasteiger partial charge in [0.1, 0.15) is 11.6 Å². The predicted octanol–water partition coefficient (Wildman–Crippen LogP) is 2.66. The van der Waals surface area contributed by atoms with Gasteiger partial charge in [-0.25, -0.2) is 4.39 Å². The Labute approximate surface area is 115 Å². The van der Waals surface area contributed by atoms with Gasteiger partial charge in [0.05, 0.1) is 6.61 Å². The van der Waals surface area contributed by atoms with E-state index in [4.69, 9.17) is 4.74 Å². The Hall–Kier alpha value is -1.13. The van der Waals surface area contributed by atoms with E-state index in [0.717, 1.165) is 37.2 Å². The van der Waals surface area contributed by atoms with Gasteiger partial charge in [0.15, 0.2) is 0 Å². The molecule has 19 heavy (non-hydrogen) atoms. The molecule has 0 amide bonds. The van der Waals surface area contributed by atoms with Gasteiger partial charge in [0.25, 0.3) is 0 Å². The molecule has 4 heteroatoms. The minimum atomic E-state index is -0.214. The molecule has 0 spiro atoms. The van der Waals surface area contributed by atoms with Crippen molar-refractivity contribution in [1.82, 2.24) is 10.2 Å². The fourth-order valence-electron chi connectivity index (χ4n) is 1.79. The first kappa shape index (κ1) is 15.9. The Morgan fingerprint density at radius 2 is 2.11 bits per heavy atom. The second-order valence-corrected chi connectivity index (χ2v) is 4.93. The van der Waals surface area contributed by atoms with Crippen LogP contribution in [0, 0.1) is 5.82 Å². The maximum Gasteiger partial charge on any atom is 0.123 e. The molecule has 0 fully saturated rings. The summed E-state index contributed by atoms with van der Waals surface area (Å²) in [5.74, 6) is 0.567. The average molecular weight is 268 g/mol. The van der Waals surface area contributed by atoms with Crippen molar-refractivity contribution in [2.75, 3.05) is 33.8 Å². The van der Waals surface area contributed by atoms with Crippen LogP contribution in [-0.2, 0) is 6.54 Å². The van der Waals surface area contributed by atoms with Crippen molar-refractivity contribution in [2.24, 2.45) is 0 Å². The molecular formula is C15H25FN2O. The highest BCUT2D eigenvalue weighted by Gasteiger charge is 2.05. The summed E-state index contributed by atoms with van der Waals surface area (Å²) in [5.41, 5.74) is 0.887. The maximum atomic E-state index is 13.3. The van der Waals surface area contributed by atoms with E-state index < -0.39 is 0 Å². The van der Waals surface area contributed by atoms with Gasteiger partial charge >= 0.3 is 0 Å². The Morgan fingerprint density at radius 1 is 1.32 bits per heavy atom. The smallest absolute Gasteiger partial charge is 0.123 e. The molecule has 1 rings (SSSR count). The maximum absolute atomic E-state index is 13.3. The molecule has 0 heterocycles. The van der Waals surface area contributed by atoms with Crippen LogP contribution in [0.2, 0.25) is 0 Å². The molecule has 0 atom stereocenters. The number of rotatable bonds is 9. The van der Waals surface area contributed by atoms with Crippen molar-refractivity contribution in [3.63, 3.8) is 0 Å². The van der Waals surface area contributed by atoms with E-state index in [1.807, 2.05) is 14.1 Å². The Kier molecular flexibility index (Phi) is 7.45. The predicted molar refractivity (Wildman–Crippen MR) is 77.1 cm³/mol. The van der Waals surface area contributed by atoms with Crippen molar-refractivity contribution in [2.45, 2.75) is 26.3 Å². The van der Waals surface area contributed by atoms with Gasteiger partial charge in [-0.05, 0) is 51.7 Å². The first-order chi connectivity index (χ1) is 9.13. The van der Waals surface area contributed by atoms with Crippen molar-refractivity contribution in [1.29, 1.82) is 0 Å². The molecule has 0 unspecified atom stereocenters. The van der Waals surface area contributed by atoms with E-state index in [9.17, 15) is 4.39 Å². The Bertz CT molecular complexity index is 369. The lowest BCUT2D eigenvalue weighted by molar-refractivity contribution is 0.278. The molecule has 0 radical (unpaired) electrons. The van der Waals surface area contributed by atoms with Gasteiger partial charge < -0.3 is 15.0 Å². The van der Waals surface area contributed by atoms with Crippen LogP contribution in [0.1, 0.15) is 25.3 Å². The summed E-state index contributed by atoms with van der Waals surface area (Å²) in [5, 5.41) is 3.27. The van der Waals surface area contributed by atoms with E-state index in [2.05, 4.69) is 17.1 Å². The zero-order valence-electron chi connectivity index (χ0n) is 12.2. The van der Waals surface area contributed by atoms with E-state index in [0.29, 0.717) is 13.2 Å². The number of benzene rings is 1. The lowest BCUT2D eigenvalue weighted by Crippen LogP contribution is -2.17. The van der Waals surface area contributed by atoms with Crippen LogP contribution in [0.3, 0.4) is 0 Å². The molecule has 0 aliphatic heterocycles. The molecule has 0 saturated carbocycles. The first-order valence-corrected chi connectivity index (χ1v) is 6.90. The van der Waals surface area contributed by atoms with Gasteiger partial charge in [0, 0.05) is 18.7 Å². The SMILES string of the molecule is CCCNCc1cc(F)ccc1OCCCN(C)C. The third-order valence-electron chi connectivity index (χ3n) is 2.77. The first-order valence-electron chi connectivity index (χ1n) is 6.90. The molecule has 3 nitrogen and oxygen atoms in total. The molecule has 0 bridgehead atoms. The summed E-state index contributed by atoms with van der Waals surface area (Å²) >= 11 is 0. The van der Waals surface area contributed by atoms with Gasteiger partial charge in [-0.15, -0.1) is 0 Å². The second-order valence-electron chi connectivity index (χ2n) is 4.93. The van der Waals surface area contributed by atoms with Crippen LogP contribution in [0.5, 0.6) is 5.75 Å². The highest BCUT2D eigenvalue weighted by molar-refractivity contribution is 5.33. The molecule has 1 aromatic carbocycles. The molecule has 108 valence electrons. The molecule has 0 aliphatic carbocycles. The third kappa shape index (κ3) is 6.55. The summed E-state index contributed by atoms with van der Waals surface area (Å²) in [6, 6.07) is 4.71. The topological polar surface area (TPSA) is 24.5 Å². The number of nitrogens with one attached hydrogen (secondary N) is 1. The fraction of sp³-hybridized carbons (Fsp3) is 0.600. The Balaban J connectivity index is 2.50. The van der Waals surface area contributed by atoms with Gasteiger partial charge in [0.2, 0.25) is 0 Å². The normalized spacial score (nSPS) is 11.0. The van der Waals surface area contributed by atoms with E-state index in [-0.39, 0.29) is 5.82 Å². The standard InChI is InChI=1S/C15H25FN2O/c1-4-8-17-12-13-11-14(16)6-7-15(13)19-10-5-9-18(2)3/h6-7,11,17H,4-5,8-10,12H2,1-3H3. The lowest BCUT2D eigenvalue weighted by atomic mass is 10.2. The van der Waals surface area contributed by atoms with Gasteiger partial charge in [-0.1, -0.05) is 6.92 Å². The van der Waals surface area contributed by atoms with Crippen LogP contribution >= 0.6 is 0 Å². The van der Waals surface area contributed by atoms with Crippen molar-refractivity contribution in [3.05, 3.63) is 29.6 Å². The minimum absolute atomic E-state index is 0.214. The molecular weight excluding hydrogens is 243 g/mol. The largest absolute Gasteiger partial charge is 0.493 e. The van der Waals surface area contributed by atoms with Crippen LogP contribution in [-0.4, -0.2) is 38.7 Å². The molecule has 0 saturated heterocycles. The molecule has 0 aromatic heterocycles. The third-order valence-corrected chi connectivity index (χ3v) is 2.77. The minimum Gasteiger partial charge on any atom is -0.493 e. The summed E-state index contributed by atoms with van der Waals surface area (Å²) < 4.78 is 19.0. The van der Waals surface area contributed by atoms with Crippen molar-refractivity contribution >= 4 is 0 Å². The number of hydrogen-bond donors (Lipinski definition) is 1. The molecule has 1 aromatic rings. The fourth-order valence-corrected chi connectivity index (χ4v) is 1.79. The van der Waals surface area contributed by atoms with Crippen molar-refractivity contribution < 1.29 is 9.13 Å². The van der Waals surface area contributed by atoms with Crippen LogP contribution < -0.4 is 10.1 Å².